The number of halogens is 1. The highest BCUT2D eigenvalue weighted by Gasteiger charge is 2.25. The monoisotopic (exact) mass is 412 g/mol. The molecule has 0 aliphatic carbocycles. The third-order valence-corrected chi connectivity index (χ3v) is 6.04. The lowest BCUT2D eigenvalue weighted by Crippen LogP contribution is -2.32. The number of nitrogens with two attached hydrogens (primary N) is 1. The van der Waals surface area contributed by atoms with Crippen LogP contribution in [0.1, 0.15) is 12.0 Å². The van der Waals surface area contributed by atoms with E-state index in [9.17, 15) is 8.42 Å². The second-order valence-corrected chi connectivity index (χ2v) is 8.06. The molecule has 0 atom stereocenters. The maximum absolute atomic E-state index is 13.0. The second kappa shape index (κ2) is 8.62. The minimum Gasteiger partial charge on any atom is -0.496 e. The van der Waals surface area contributed by atoms with Gasteiger partial charge in [0.25, 0.3) is 0 Å². The highest BCUT2D eigenvalue weighted by atomic mass is 79.9. The molecule has 0 radical (unpaired) electrons. The molecule has 0 heterocycles. The zero-order valence-corrected chi connectivity index (χ0v) is 15.9. The molecule has 0 saturated carbocycles. The SMILES string of the molecule is COc1ccc(S(=O)(=O)N(CCCN)Cc2ccccc2)cc1Br. The molecular formula is C17H21BrN2O3S. The number of hydrogen-bond acceptors (Lipinski definition) is 4. The molecule has 5 nitrogen and oxygen atoms in total. The molecule has 7 heteroatoms. The van der Waals surface area contributed by atoms with Gasteiger partial charge in [-0.1, -0.05) is 30.3 Å². The summed E-state index contributed by atoms with van der Waals surface area (Å²) in [4.78, 5) is 0.225. The van der Waals surface area contributed by atoms with Crippen molar-refractivity contribution < 1.29 is 13.2 Å². The molecule has 0 unspecified atom stereocenters. The van der Waals surface area contributed by atoms with Crippen molar-refractivity contribution in [2.45, 2.75) is 17.9 Å². The summed E-state index contributed by atoms with van der Waals surface area (Å²) in [5.41, 5.74) is 6.50. The van der Waals surface area contributed by atoms with Crippen molar-refractivity contribution in [2.75, 3.05) is 20.2 Å². The zero-order chi connectivity index (χ0) is 17.6. The molecule has 2 aromatic carbocycles. The Morgan fingerprint density at radius 1 is 1.17 bits per heavy atom. The molecule has 24 heavy (non-hydrogen) atoms. The van der Waals surface area contributed by atoms with Gasteiger partial charge in [0.1, 0.15) is 5.75 Å². The highest BCUT2D eigenvalue weighted by molar-refractivity contribution is 9.10. The summed E-state index contributed by atoms with van der Waals surface area (Å²) in [6.45, 7) is 1.12. The lowest BCUT2D eigenvalue weighted by molar-refractivity contribution is 0.400. The predicted molar refractivity (Wildman–Crippen MR) is 98.4 cm³/mol. The normalized spacial score (nSPS) is 11.7. The number of ether oxygens (including phenoxy) is 1. The van der Waals surface area contributed by atoms with Crippen molar-refractivity contribution >= 4 is 26.0 Å². The van der Waals surface area contributed by atoms with Gasteiger partial charge in [0.2, 0.25) is 10.0 Å². The van der Waals surface area contributed by atoms with Crippen molar-refractivity contribution in [2.24, 2.45) is 5.73 Å². The molecule has 0 amide bonds. The number of nitrogens with zero attached hydrogens (tertiary/aromatic N) is 1. The van der Waals surface area contributed by atoms with Gasteiger partial charge >= 0.3 is 0 Å². The van der Waals surface area contributed by atoms with Crippen LogP contribution in [0.4, 0.5) is 0 Å². The number of rotatable bonds is 8. The lowest BCUT2D eigenvalue weighted by Gasteiger charge is -2.22. The fourth-order valence-electron chi connectivity index (χ4n) is 2.30. The van der Waals surface area contributed by atoms with Crippen molar-refractivity contribution in [1.82, 2.24) is 4.31 Å². The van der Waals surface area contributed by atoms with E-state index in [1.165, 1.54) is 11.4 Å². The van der Waals surface area contributed by atoms with E-state index in [4.69, 9.17) is 10.5 Å². The number of hydrogen-bond donors (Lipinski definition) is 1. The van der Waals surface area contributed by atoms with E-state index in [0.717, 1.165) is 5.56 Å². The quantitative estimate of drug-likeness (QED) is 0.722. The average molecular weight is 413 g/mol. The van der Waals surface area contributed by atoms with Gasteiger partial charge < -0.3 is 10.5 Å². The van der Waals surface area contributed by atoms with Crippen molar-refractivity contribution in [1.29, 1.82) is 0 Å². The Bertz CT molecular complexity index is 767. The summed E-state index contributed by atoms with van der Waals surface area (Å²) in [5.74, 6) is 0.588. The van der Waals surface area contributed by atoms with Gasteiger partial charge in [-0.3, -0.25) is 0 Å². The minimum absolute atomic E-state index is 0.225. The smallest absolute Gasteiger partial charge is 0.243 e. The molecule has 0 aliphatic heterocycles. The van der Waals surface area contributed by atoms with E-state index in [1.54, 1.807) is 18.2 Å². The summed E-state index contributed by atoms with van der Waals surface area (Å²) in [6, 6.07) is 14.3. The summed E-state index contributed by atoms with van der Waals surface area (Å²) < 4.78 is 33.3. The van der Waals surface area contributed by atoms with Crippen LogP contribution >= 0.6 is 15.9 Å². The predicted octanol–water partition coefficient (Wildman–Crippen LogP) is 3.00. The van der Waals surface area contributed by atoms with Crippen LogP contribution in [0.25, 0.3) is 0 Å². The van der Waals surface area contributed by atoms with Crippen molar-refractivity contribution in [3.05, 3.63) is 58.6 Å². The molecule has 0 saturated heterocycles. The summed E-state index contributed by atoms with van der Waals surface area (Å²) >= 11 is 3.34. The largest absolute Gasteiger partial charge is 0.496 e. The first-order chi connectivity index (χ1) is 11.5. The van der Waals surface area contributed by atoms with Gasteiger partial charge in [0, 0.05) is 13.1 Å². The van der Waals surface area contributed by atoms with Crippen LogP contribution in [0.15, 0.2) is 57.9 Å². The van der Waals surface area contributed by atoms with Crippen LogP contribution in [0.3, 0.4) is 0 Å². The molecule has 0 aromatic heterocycles. The Morgan fingerprint density at radius 2 is 1.88 bits per heavy atom. The molecule has 2 aromatic rings. The Kier molecular flexibility index (Phi) is 6.79. The van der Waals surface area contributed by atoms with Crippen molar-refractivity contribution in [3.63, 3.8) is 0 Å². The number of methoxy groups -OCH3 is 1. The van der Waals surface area contributed by atoms with Gasteiger partial charge in [-0.2, -0.15) is 4.31 Å². The van der Waals surface area contributed by atoms with Crippen molar-refractivity contribution in [3.8, 4) is 5.75 Å². The van der Waals surface area contributed by atoms with E-state index in [-0.39, 0.29) is 4.90 Å². The Balaban J connectivity index is 2.34. The summed E-state index contributed by atoms with van der Waals surface area (Å²) in [6.07, 6.45) is 0.601. The Labute approximate surface area is 151 Å². The minimum atomic E-state index is -3.63. The first-order valence-electron chi connectivity index (χ1n) is 7.56. The van der Waals surface area contributed by atoms with Crippen LogP contribution in [0.2, 0.25) is 0 Å². The van der Waals surface area contributed by atoms with Crippen LogP contribution in [-0.2, 0) is 16.6 Å². The lowest BCUT2D eigenvalue weighted by atomic mass is 10.2. The third kappa shape index (κ3) is 4.57. The summed E-state index contributed by atoms with van der Waals surface area (Å²) in [5, 5.41) is 0. The van der Waals surface area contributed by atoms with E-state index in [0.29, 0.717) is 36.3 Å². The standard InChI is InChI=1S/C17H21BrN2O3S/c1-23-17-9-8-15(12-16(17)18)24(21,22)20(11-5-10-19)13-14-6-3-2-4-7-14/h2-4,6-9,12H,5,10-11,13,19H2,1H3. The first kappa shape index (κ1) is 18.9. The van der Waals surface area contributed by atoms with Crippen LogP contribution in [-0.4, -0.2) is 32.9 Å². The van der Waals surface area contributed by atoms with Crippen LogP contribution < -0.4 is 10.5 Å². The number of benzene rings is 2. The highest BCUT2D eigenvalue weighted by Crippen LogP contribution is 2.29. The third-order valence-electron chi connectivity index (χ3n) is 3.57. The van der Waals surface area contributed by atoms with Gasteiger partial charge in [-0.25, -0.2) is 8.42 Å². The van der Waals surface area contributed by atoms with E-state index >= 15 is 0 Å². The van der Waals surface area contributed by atoms with E-state index in [1.807, 2.05) is 30.3 Å². The van der Waals surface area contributed by atoms with E-state index in [2.05, 4.69) is 15.9 Å². The maximum atomic E-state index is 13.0. The molecule has 0 aliphatic rings. The first-order valence-corrected chi connectivity index (χ1v) is 9.80. The molecule has 2 rings (SSSR count). The second-order valence-electron chi connectivity index (χ2n) is 5.26. The molecule has 0 fully saturated rings. The van der Waals surface area contributed by atoms with Gasteiger partial charge in [-0.05, 0) is 52.7 Å². The maximum Gasteiger partial charge on any atom is 0.243 e. The topological polar surface area (TPSA) is 72.6 Å². The fraction of sp³-hybridized carbons (Fsp3) is 0.294. The zero-order valence-electron chi connectivity index (χ0n) is 13.5. The van der Waals surface area contributed by atoms with Crippen LogP contribution in [0, 0.1) is 0 Å². The number of sulfonamides is 1. The molecule has 0 spiro atoms. The Hall–Kier alpha value is -1.41. The van der Waals surface area contributed by atoms with Gasteiger partial charge in [0.05, 0.1) is 16.5 Å². The molecule has 0 bridgehead atoms. The molecular weight excluding hydrogens is 392 g/mol. The fourth-order valence-corrected chi connectivity index (χ4v) is 4.48. The average Bonchev–Trinajstić information content (AvgIpc) is 2.59. The van der Waals surface area contributed by atoms with Gasteiger partial charge in [0.15, 0.2) is 0 Å². The Morgan fingerprint density at radius 3 is 2.46 bits per heavy atom. The van der Waals surface area contributed by atoms with E-state index < -0.39 is 10.0 Å². The summed E-state index contributed by atoms with van der Waals surface area (Å²) in [7, 11) is -2.09. The molecule has 130 valence electrons. The molecule has 2 N–H and O–H groups in total. The van der Waals surface area contributed by atoms with Gasteiger partial charge in [-0.15, -0.1) is 0 Å². The van der Waals surface area contributed by atoms with Crippen LogP contribution in [0.5, 0.6) is 5.75 Å².